The van der Waals surface area contributed by atoms with Gasteiger partial charge >= 0.3 is 0 Å². The highest BCUT2D eigenvalue weighted by Crippen LogP contribution is 2.29. The second-order valence-corrected chi connectivity index (χ2v) is 5.03. The zero-order valence-electron chi connectivity index (χ0n) is 9.86. The van der Waals surface area contributed by atoms with E-state index < -0.39 is 0 Å². The van der Waals surface area contributed by atoms with Crippen LogP contribution in [0.1, 0.15) is 31.2 Å². The standard InChI is InChI=1S/C13H19ClN2O/c14-12-7-9(8-15)1-6-13(12)17-11-4-2-10(16)3-5-11/h1,6-7,10-11H,2-5,8,15-16H2. The van der Waals surface area contributed by atoms with Crippen molar-refractivity contribution in [1.82, 2.24) is 0 Å². The molecule has 1 aliphatic carbocycles. The fourth-order valence-electron chi connectivity index (χ4n) is 2.15. The molecule has 4 heteroatoms. The molecule has 0 radical (unpaired) electrons. The Morgan fingerprint density at radius 2 is 1.94 bits per heavy atom. The van der Waals surface area contributed by atoms with E-state index in [1.54, 1.807) is 0 Å². The van der Waals surface area contributed by atoms with Crippen LogP contribution >= 0.6 is 11.6 Å². The first kappa shape index (κ1) is 12.7. The SMILES string of the molecule is NCc1ccc(OC2CCC(N)CC2)c(Cl)c1. The van der Waals surface area contributed by atoms with Crippen LogP contribution in [0, 0.1) is 0 Å². The first-order valence-electron chi connectivity index (χ1n) is 6.09. The van der Waals surface area contributed by atoms with Crippen LogP contribution in [0.25, 0.3) is 0 Å². The largest absolute Gasteiger partial charge is 0.489 e. The fourth-order valence-corrected chi connectivity index (χ4v) is 2.40. The Labute approximate surface area is 107 Å². The minimum Gasteiger partial charge on any atom is -0.489 e. The highest BCUT2D eigenvalue weighted by atomic mass is 35.5. The first-order valence-corrected chi connectivity index (χ1v) is 6.47. The van der Waals surface area contributed by atoms with Crippen LogP contribution in [0.15, 0.2) is 18.2 Å². The van der Waals surface area contributed by atoms with E-state index in [-0.39, 0.29) is 6.10 Å². The number of benzene rings is 1. The normalized spacial score (nSPS) is 24.6. The number of hydrogen-bond donors (Lipinski definition) is 2. The number of nitrogens with two attached hydrogens (primary N) is 2. The summed E-state index contributed by atoms with van der Waals surface area (Å²) in [7, 11) is 0. The monoisotopic (exact) mass is 254 g/mol. The average molecular weight is 255 g/mol. The molecule has 0 spiro atoms. The van der Waals surface area contributed by atoms with Gasteiger partial charge in [0.15, 0.2) is 0 Å². The lowest BCUT2D eigenvalue weighted by Crippen LogP contribution is -2.31. The van der Waals surface area contributed by atoms with E-state index in [0.717, 1.165) is 37.0 Å². The van der Waals surface area contributed by atoms with Gasteiger partial charge in [0.05, 0.1) is 11.1 Å². The van der Waals surface area contributed by atoms with Crippen molar-refractivity contribution >= 4 is 11.6 Å². The molecule has 0 aromatic heterocycles. The summed E-state index contributed by atoms with van der Waals surface area (Å²) in [4.78, 5) is 0. The topological polar surface area (TPSA) is 61.3 Å². The first-order chi connectivity index (χ1) is 8.19. The third-order valence-electron chi connectivity index (χ3n) is 3.24. The second kappa shape index (κ2) is 5.71. The molecule has 0 bridgehead atoms. The van der Waals surface area contributed by atoms with Crippen molar-refractivity contribution in [2.45, 2.75) is 44.4 Å². The third-order valence-corrected chi connectivity index (χ3v) is 3.54. The Morgan fingerprint density at radius 3 is 2.53 bits per heavy atom. The lowest BCUT2D eigenvalue weighted by atomic mass is 9.94. The molecule has 94 valence electrons. The van der Waals surface area contributed by atoms with Gasteiger partial charge in [-0.1, -0.05) is 17.7 Å². The summed E-state index contributed by atoms with van der Waals surface area (Å²) in [5, 5.41) is 0.642. The Bertz CT molecular complexity index is 376. The minimum atomic E-state index is 0.246. The predicted molar refractivity (Wildman–Crippen MR) is 70.2 cm³/mol. The molecule has 17 heavy (non-hydrogen) atoms. The number of ether oxygens (including phenoxy) is 1. The van der Waals surface area contributed by atoms with Gasteiger partial charge in [-0.05, 0) is 43.4 Å². The molecule has 3 nitrogen and oxygen atoms in total. The maximum absolute atomic E-state index is 6.15. The van der Waals surface area contributed by atoms with E-state index in [0.29, 0.717) is 17.6 Å². The van der Waals surface area contributed by atoms with Gasteiger partial charge in [-0.25, -0.2) is 0 Å². The maximum Gasteiger partial charge on any atom is 0.138 e. The molecule has 1 fully saturated rings. The quantitative estimate of drug-likeness (QED) is 0.871. The van der Waals surface area contributed by atoms with Gasteiger partial charge in [-0.2, -0.15) is 0 Å². The molecule has 0 atom stereocenters. The molecule has 1 aliphatic rings. The van der Waals surface area contributed by atoms with Crippen molar-refractivity contribution in [3.63, 3.8) is 0 Å². The zero-order chi connectivity index (χ0) is 12.3. The Morgan fingerprint density at radius 1 is 1.24 bits per heavy atom. The predicted octanol–water partition coefficient (Wildman–Crippen LogP) is 2.45. The van der Waals surface area contributed by atoms with Crippen molar-refractivity contribution < 1.29 is 4.74 Å². The highest BCUT2D eigenvalue weighted by molar-refractivity contribution is 6.32. The van der Waals surface area contributed by atoms with Gasteiger partial charge in [-0.3, -0.25) is 0 Å². The Hall–Kier alpha value is -0.770. The molecule has 1 aromatic carbocycles. The molecule has 0 amide bonds. The number of halogens is 1. The van der Waals surface area contributed by atoms with Crippen LogP contribution in [0.2, 0.25) is 5.02 Å². The van der Waals surface area contributed by atoms with E-state index in [9.17, 15) is 0 Å². The van der Waals surface area contributed by atoms with E-state index in [4.69, 9.17) is 27.8 Å². The molecule has 1 saturated carbocycles. The van der Waals surface area contributed by atoms with Gasteiger partial charge in [0.1, 0.15) is 5.75 Å². The summed E-state index contributed by atoms with van der Waals surface area (Å²) in [5.41, 5.74) is 12.4. The Balaban J connectivity index is 1.99. The molecular weight excluding hydrogens is 236 g/mol. The summed E-state index contributed by atoms with van der Waals surface area (Å²) in [6, 6.07) is 6.06. The number of hydrogen-bond acceptors (Lipinski definition) is 3. The van der Waals surface area contributed by atoms with Crippen LogP contribution in [0.4, 0.5) is 0 Å². The molecule has 1 aromatic rings. The lowest BCUT2D eigenvalue weighted by Gasteiger charge is -2.27. The maximum atomic E-state index is 6.15. The van der Waals surface area contributed by atoms with Crippen molar-refractivity contribution in [3.8, 4) is 5.75 Å². The van der Waals surface area contributed by atoms with Crippen LogP contribution in [0.3, 0.4) is 0 Å². The summed E-state index contributed by atoms with van der Waals surface area (Å²) in [6.07, 6.45) is 4.33. The zero-order valence-corrected chi connectivity index (χ0v) is 10.6. The fraction of sp³-hybridized carbons (Fsp3) is 0.538. The molecule has 0 saturated heterocycles. The van der Waals surface area contributed by atoms with E-state index in [1.807, 2.05) is 18.2 Å². The third kappa shape index (κ3) is 3.35. The van der Waals surface area contributed by atoms with Gasteiger partial charge in [0.2, 0.25) is 0 Å². The summed E-state index contributed by atoms with van der Waals surface area (Å²) in [5.74, 6) is 0.754. The van der Waals surface area contributed by atoms with Crippen LogP contribution in [0.5, 0.6) is 5.75 Å². The van der Waals surface area contributed by atoms with Crippen LogP contribution < -0.4 is 16.2 Å². The van der Waals surface area contributed by atoms with Crippen molar-refractivity contribution in [2.24, 2.45) is 11.5 Å². The van der Waals surface area contributed by atoms with Gasteiger partial charge in [0.25, 0.3) is 0 Å². The van der Waals surface area contributed by atoms with Gasteiger partial charge in [0, 0.05) is 12.6 Å². The minimum absolute atomic E-state index is 0.246. The molecule has 4 N–H and O–H groups in total. The summed E-state index contributed by atoms with van der Waals surface area (Å²) < 4.78 is 5.91. The van der Waals surface area contributed by atoms with E-state index in [1.165, 1.54) is 0 Å². The van der Waals surface area contributed by atoms with E-state index >= 15 is 0 Å². The Kier molecular flexibility index (Phi) is 4.26. The van der Waals surface area contributed by atoms with Crippen molar-refractivity contribution in [3.05, 3.63) is 28.8 Å². The second-order valence-electron chi connectivity index (χ2n) is 4.62. The average Bonchev–Trinajstić information content (AvgIpc) is 2.34. The van der Waals surface area contributed by atoms with Gasteiger partial charge in [-0.15, -0.1) is 0 Å². The molecule has 0 aliphatic heterocycles. The highest BCUT2D eigenvalue weighted by Gasteiger charge is 2.20. The molecule has 0 heterocycles. The summed E-state index contributed by atoms with van der Waals surface area (Å²) in [6.45, 7) is 0.498. The summed E-state index contributed by atoms with van der Waals surface area (Å²) >= 11 is 6.15. The number of rotatable bonds is 3. The smallest absolute Gasteiger partial charge is 0.138 e. The molecule has 2 rings (SSSR count). The van der Waals surface area contributed by atoms with Crippen LogP contribution in [-0.4, -0.2) is 12.1 Å². The lowest BCUT2D eigenvalue weighted by molar-refractivity contribution is 0.147. The van der Waals surface area contributed by atoms with Crippen molar-refractivity contribution in [1.29, 1.82) is 0 Å². The molecule has 0 unspecified atom stereocenters. The molecular formula is C13H19ClN2O. The van der Waals surface area contributed by atoms with Crippen molar-refractivity contribution in [2.75, 3.05) is 0 Å². The van der Waals surface area contributed by atoms with Crippen LogP contribution in [-0.2, 0) is 6.54 Å². The van der Waals surface area contributed by atoms with Gasteiger partial charge < -0.3 is 16.2 Å². The van der Waals surface area contributed by atoms with E-state index in [2.05, 4.69) is 0 Å².